The SMILES string of the molecule is CC(C)OC(=O)C(S)C(C)C. The molecule has 0 rings (SSSR count). The van der Waals surface area contributed by atoms with E-state index in [-0.39, 0.29) is 23.2 Å². The van der Waals surface area contributed by atoms with E-state index >= 15 is 0 Å². The molecule has 1 unspecified atom stereocenters. The molecule has 0 radical (unpaired) electrons. The lowest BCUT2D eigenvalue weighted by atomic mass is 10.1. The van der Waals surface area contributed by atoms with E-state index < -0.39 is 0 Å². The van der Waals surface area contributed by atoms with Crippen molar-refractivity contribution in [2.45, 2.75) is 39.0 Å². The van der Waals surface area contributed by atoms with E-state index in [9.17, 15) is 4.79 Å². The zero-order valence-corrected chi connectivity index (χ0v) is 8.39. The molecule has 66 valence electrons. The molecule has 0 aromatic heterocycles. The predicted molar refractivity (Wildman–Crippen MR) is 48.8 cm³/mol. The fourth-order valence-electron chi connectivity index (χ4n) is 0.574. The fraction of sp³-hybridized carbons (Fsp3) is 0.875. The minimum absolute atomic E-state index is 0.0455. The Kier molecular flexibility index (Phi) is 4.57. The molecule has 0 aliphatic heterocycles. The minimum atomic E-state index is -0.294. The highest BCUT2D eigenvalue weighted by Gasteiger charge is 2.19. The number of rotatable bonds is 3. The van der Waals surface area contributed by atoms with Gasteiger partial charge >= 0.3 is 5.97 Å². The van der Waals surface area contributed by atoms with Crippen molar-refractivity contribution in [3.05, 3.63) is 0 Å². The number of esters is 1. The summed E-state index contributed by atoms with van der Waals surface area (Å²) >= 11 is 4.12. The summed E-state index contributed by atoms with van der Waals surface area (Å²) < 4.78 is 4.96. The van der Waals surface area contributed by atoms with Crippen LogP contribution in [0, 0.1) is 5.92 Å². The Balaban J connectivity index is 3.83. The Hall–Kier alpha value is -0.180. The van der Waals surface area contributed by atoms with Crippen molar-refractivity contribution in [3.63, 3.8) is 0 Å². The number of hydrogen-bond donors (Lipinski definition) is 1. The van der Waals surface area contributed by atoms with Gasteiger partial charge in [-0.1, -0.05) is 13.8 Å². The van der Waals surface area contributed by atoms with Gasteiger partial charge in [0.1, 0.15) is 5.25 Å². The number of thiol groups is 1. The standard InChI is InChI=1S/C8H16O2S/c1-5(2)7(11)8(9)10-6(3)4/h5-7,11H,1-4H3. The highest BCUT2D eigenvalue weighted by Crippen LogP contribution is 2.11. The molecular formula is C8H16O2S. The van der Waals surface area contributed by atoms with Gasteiger partial charge in [-0.05, 0) is 19.8 Å². The number of carbonyl (C=O) groups is 1. The van der Waals surface area contributed by atoms with Crippen molar-refractivity contribution in [1.29, 1.82) is 0 Å². The Morgan fingerprint density at radius 1 is 1.27 bits per heavy atom. The van der Waals surface area contributed by atoms with Gasteiger partial charge in [0, 0.05) is 0 Å². The first-order chi connectivity index (χ1) is 4.95. The lowest BCUT2D eigenvalue weighted by Gasteiger charge is -2.15. The van der Waals surface area contributed by atoms with E-state index in [1.807, 2.05) is 27.7 Å². The van der Waals surface area contributed by atoms with Crippen molar-refractivity contribution in [2.24, 2.45) is 5.92 Å². The topological polar surface area (TPSA) is 26.3 Å². The zero-order valence-electron chi connectivity index (χ0n) is 7.50. The molecule has 1 atom stereocenters. The van der Waals surface area contributed by atoms with Crippen molar-refractivity contribution in [2.75, 3.05) is 0 Å². The van der Waals surface area contributed by atoms with E-state index in [2.05, 4.69) is 12.6 Å². The van der Waals surface area contributed by atoms with Gasteiger partial charge in [-0.3, -0.25) is 4.79 Å². The lowest BCUT2D eigenvalue weighted by Crippen LogP contribution is -2.25. The maximum atomic E-state index is 11.1. The maximum absolute atomic E-state index is 11.1. The van der Waals surface area contributed by atoms with E-state index in [1.54, 1.807) is 0 Å². The van der Waals surface area contributed by atoms with E-state index in [0.717, 1.165) is 0 Å². The summed E-state index contributed by atoms with van der Waals surface area (Å²) in [4.78, 5) is 11.1. The first-order valence-corrected chi connectivity index (χ1v) is 4.35. The highest BCUT2D eigenvalue weighted by molar-refractivity contribution is 7.81. The molecule has 0 amide bonds. The molecule has 0 aromatic rings. The van der Waals surface area contributed by atoms with E-state index in [4.69, 9.17) is 4.74 Å². The number of carbonyl (C=O) groups excluding carboxylic acids is 1. The first kappa shape index (κ1) is 10.8. The van der Waals surface area contributed by atoms with Crippen molar-refractivity contribution in [3.8, 4) is 0 Å². The van der Waals surface area contributed by atoms with Crippen LogP contribution in [0.2, 0.25) is 0 Å². The van der Waals surface area contributed by atoms with Crippen LogP contribution in [0.15, 0.2) is 0 Å². The largest absolute Gasteiger partial charge is 0.462 e. The van der Waals surface area contributed by atoms with Gasteiger partial charge in [-0.15, -0.1) is 0 Å². The zero-order chi connectivity index (χ0) is 9.02. The van der Waals surface area contributed by atoms with Crippen LogP contribution in [0.1, 0.15) is 27.7 Å². The molecule has 3 heteroatoms. The average Bonchev–Trinajstić information content (AvgIpc) is 1.84. The first-order valence-electron chi connectivity index (χ1n) is 3.83. The smallest absolute Gasteiger partial charge is 0.319 e. The second-order valence-electron chi connectivity index (χ2n) is 3.17. The van der Waals surface area contributed by atoms with Gasteiger partial charge < -0.3 is 4.74 Å². The summed E-state index contributed by atoms with van der Waals surface area (Å²) in [6.45, 7) is 7.55. The molecule has 0 aliphatic rings. The summed E-state index contributed by atoms with van der Waals surface area (Å²) in [7, 11) is 0. The molecule has 0 aliphatic carbocycles. The third kappa shape index (κ3) is 4.30. The summed E-state index contributed by atoms with van der Waals surface area (Å²) in [5, 5.41) is -0.294. The summed E-state index contributed by atoms with van der Waals surface area (Å²) in [5.74, 6) is 0.00270. The van der Waals surface area contributed by atoms with Crippen LogP contribution in [-0.4, -0.2) is 17.3 Å². The average molecular weight is 176 g/mol. The van der Waals surface area contributed by atoms with Crippen LogP contribution in [0.4, 0.5) is 0 Å². The monoisotopic (exact) mass is 176 g/mol. The molecule has 0 fully saturated rings. The van der Waals surface area contributed by atoms with Gasteiger partial charge in [0.15, 0.2) is 0 Å². The van der Waals surface area contributed by atoms with Crippen LogP contribution in [0.3, 0.4) is 0 Å². The Labute approximate surface area is 73.7 Å². The van der Waals surface area contributed by atoms with Crippen molar-refractivity contribution in [1.82, 2.24) is 0 Å². The van der Waals surface area contributed by atoms with Crippen molar-refractivity contribution >= 4 is 18.6 Å². The van der Waals surface area contributed by atoms with Gasteiger partial charge in [0.2, 0.25) is 0 Å². The molecule has 0 saturated carbocycles. The highest BCUT2D eigenvalue weighted by atomic mass is 32.1. The quantitative estimate of drug-likeness (QED) is 0.525. The molecule has 0 aromatic carbocycles. The second kappa shape index (κ2) is 4.65. The predicted octanol–water partition coefficient (Wildman–Crippen LogP) is 1.89. The van der Waals surface area contributed by atoms with E-state index in [0.29, 0.717) is 0 Å². The minimum Gasteiger partial charge on any atom is -0.462 e. The Bertz CT molecular complexity index is 132. The van der Waals surface area contributed by atoms with Gasteiger partial charge in [-0.2, -0.15) is 12.6 Å². The molecule has 0 saturated heterocycles. The molecule has 11 heavy (non-hydrogen) atoms. The van der Waals surface area contributed by atoms with Gasteiger partial charge in [0.25, 0.3) is 0 Å². The van der Waals surface area contributed by atoms with Crippen LogP contribution in [-0.2, 0) is 9.53 Å². The van der Waals surface area contributed by atoms with Gasteiger partial charge in [0.05, 0.1) is 6.10 Å². The Morgan fingerprint density at radius 3 is 2.00 bits per heavy atom. The molecule has 0 spiro atoms. The lowest BCUT2D eigenvalue weighted by molar-refractivity contribution is -0.147. The van der Waals surface area contributed by atoms with Crippen LogP contribution >= 0.6 is 12.6 Å². The van der Waals surface area contributed by atoms with Crippen LogP contribution in [0.25, 0.3) is 0 Å². The molecular weight excluding hydrogens is 160 g/mol. The van der Waals surface area contributed by atoms with Crippen LogP contribution < -0.4 is 0 Å². The second-order valence-corrected chi connectivity index (χ2v) is 3.73. The molecule has 0 heterocycles. The summed E-state index contributed by atoms with van der Waals surface area (Å²) in [6.07, 6.45) is -0.0455. The fourth-order valence-corrected chi connectivity index (χ4v) is 0.635. The maximum Gasteiger partial charge on any atom is 0.319 e. The van der Waals surface area contributed by atoms with E-state index in [1.165, 1.54) is 0 Å². The molecule has 2 nitrogen and oxygen atoms in total. The Morgan fingerprint density at radius 2 is 1.73 bits per heavy atom. The number of hydrogen-bond acceptors (Lipinski definition) is 3. The van der Waals surface area contributed by atoms with Gasteiger partial charge in [-0.25, -0.2) is 0 Å². The molecule has 0 N–H and O–H groups in total. The third-order valence-electron chi connectivity index (χ3n) is 1.22. The van der Waals surface area contributed by atoms with Crippen LogP contribution in [0.5, 0.6) is 0 Å². The summed E-state index contributed by atoms with van der Waals surface area (Å²) in [5.41, 5.74) is 0. The number of ether oxygens (including phenoxy) is 1. The molecule has 0 bridgehead atoms. The third-order valence-corrected chi connectivity index (χ3v) is 2.03. The summed E-state index contributed by atoms with van der Waals surface area (Å²) in [6, 6.07) is 0. The normalized spacial score (nSPS) is 13.7. The van der Waals surface area contributed by atoms with Crippen molar-refractivity contribution < 1.29 is 9.53 Å².